The summed E-state index contributed by atoms with van der Waals surface area (Å²) in [7, 11) is 0. The molecule has 0 aliphatic heterocycles. The molecule has 0 N–H and O–H groups in total. The summed E-state index contributed by atoms with van der Waals surface area (Å²) in [4.78, 5) is 0. The molecule has 0 aromatic heterocycles. The molecule has 0 bridgehead atoms. The van der Waals surface area contributed by atoms with Gasteiger partial charge in [0.25, 0.3) is 0 Å². The fourth-order valence-electron chi connectivity index (χ4n) is 6.62. The SMILES string of the molecule is CCCCCCCCOC(=S)S.CCCCCCCC[N+](CCCCCCCC)(CCCCCCCC)CCCCCCCC. The Balaban J connectivity index is 0. The van der Waals surface area contributed by atoms with Crippen LogP contribution in [0.1, 0.15) is 227 Å². The molecule has 0 heterocycles. The van der Waals surface area contributed by atoms with Gasteiger partial charge in [-0.2, -0.15) is 0 Å². The number of rotatable bonds is 35. The highest BCUT2D eigenvalue weighted by Gasteiger charge is 2.25. The van der Waals surface area contributed by atoms with E-state index < -0.39 is 0 Å². The largest absolute Gasteiger partial charge is 0.479 e. The first-order valence-corrected chi connectivity index (χ1v) is 21.6. The standard InChI is InChI=1S/C32H68N.C9H18OS2/c1-5-9-13-17-21-25-29-33(30-26-22-18-14-10-6-2,31-27-23-19-15-11-7-3)32-28-24-20-16-12-8-4;1-2-3-4-5-6-7-8-10-9(11)12/h5-32H2,1-4H3;2-8H2,1H3,(H,11,12)/q+1;. The van der Waals surface area contributed by atoms with Crippen LogP contribution in [0.3, 0.4) is 0 Å². The van der Waals surface area contributed by atoms with Crippen LogP contribution in [0.5, 0.6) is 0 Å². The predicted molar refractivity (Wildman–Crippen MR) is 214 cm³/mol. The summed E-state index contributed by atoms with van der Waals surface area (Å²) >= 11 is 8.52. The van der Waals surface area contributed by atoms with Crippen LogP contribution in [0, 0.1) is 0 Å². The molecule has 0 spiro atoms. The van der Waals surface area contributed by atoms with Crippen LogP contribution < -0.4 is 0 Å². The van der Waals surface area contributed by atoms with E-state index in [1.165, 1.54) is 217 Å². The maximum absolute atomic E-state index is 5.04. The molecule has 0 saturated heterocycles. The number of hydrogen-bond acceptors (Lipinski definition) is 2. The average Bonchev–Trinajstić information content (AvgIpc) is 3.03. The third-order valence-electron chi connectivity index (χ3n) is 9.67. The molecule has 0 radical (unpaired) electrons. The lowest BCUT2D eigenvalue weighted by molar-refractivity contribution is -0.929. The molecule has 4 heteroatoms. The van der Waals surface area contributed by atoms with Crippen molar-refractivity contribution < 1.29 is 9.22 Å². The van der Waals surface area contributed by atoms with Gasteiger partial charge in [-0.15, -0.1) is 0 Å². The minimum atomic E-state index is 0.364. The number of nitrogens with zero attached hydrogens (tertiary/aromatic N) is 1. The van der Waals surface area contributed by atoms with Gasteiger partial charge in [-0.05, 0) is 70.0 Å². The quantitative estimate of drug-likeness (QED) is 0.0310. The van der Waals surface area contributed by atoms with E-state index in [-0.39, 0.29) is 0 Å². The van der Waals surface area contributed by atoms with Gasteiger partial charge < -0.3 is 9.22 Å². The number of quaternary nitrogens is 1. The van der Waals surface area contributed by atoms with E-state index in [0.717, 1.165) is 13.0 Å². The zero-order valence-corrected chi connectivity index (χ0v) is 33.7. The molecule has 272 valence electrons. The summed E-state index contributed by atoms with van der Waals surface area (Å²) in [6.45, 7) is 18.2. The highest BCUT2D eigenvalue weighted by molar-refractivity contribution is 8.10. The second-order valence-electron chi connectivity index (χ2n) is 14.2. The van der Waals surface area contributed by atoms with Gasteiger partial charge in [0.15, 0.2) is 0 Å². The van der Waals surface area contributed by atoms with Gasteiger partial charge in [0.2, 0.25) is 4.38 Å². The van der Waals surface area contributed by atoms with Gasteiger partial charge in [-0.3, -0.25) is 0 Å². The molecule has 0 aliphatic rings. The van der Waals surface area contributed by atoms with Crippen molar-refractivity contribution in [2.75, 3.05) is 32.8 Å². The minimum absolute atomic E-state index is 0.364. The lowest BCUT2D eigenvalue weighted by atomic mass is 10.0. The van der Waals surface area contributed by atoms with Crippen molar-refractivity contribution >= 4 is 29.2 Å². The van der Waals surface area contributed by atoms with E-state index in [1.54, 1.807) is 0 Å². The van der Waals surface area contributed by atoms with E-state index in [2.05, 4.69) is 59.5 Å². The molecule has 0 amide bonds. The lowest BCUT2D eigenvalue weighted by Gasteiger charge is -2.40. The summed E-state index contributed by atoms with van der Waals surface area (Å²) in [5.74, 6) is 0. The van der Waals surface area contributed by atoms with Gasteiger partial charge in [0.1, 0.15) is 0 Å². The van der Waals surface area contributed by atoms with Crippen molar-refractivity contribution in [2.24, 2.45) is 0 Å². The van der Waals surface area contributed by atoms with Crippen LogP contribution in [0.4, 0.5) is 0 Å². The van der Waals surface area contributed by atoms with Crippen LogP contribution in [0.2, 0.25) is 0 Å². The molecule has 0 aromatic carbocycles. The molecule has 0 aromatic rings. The van der Waals surface area contributed by atoms with E-state index in [9.17, 15) is 0 Å². The Hall–Kier alpha value is 0.200. The maximum atomic E-state index is 5.04. The van der Waals surface area contributed by atoms with Crippen LogP contribution in [-0.4, -0.2) is 41.7 Å². The third-order valence-corrected chi connectivity index (χ3v) is 9.91. The van der Waals surface area contributed by atoms with Crippen molar-refractivity contribution in [1.82, 2.24) is 0 Å². The third kappa shape index (κ3) is 38.5. The normalized spacial score (nSPS) is 11.4. The van der Waals surface area contributed by atoms with Crippen molar-refractivity contribution in [2.45, 2.75) is 227 Å². The highest BCUT2D eigenvalue weighted by Crippen LogP contribution is 2.21. The molecule has 45 heavy (non-hydrogen) atoms. The van der Waals surface area contributed by atoms with Crippen LogP contribution in [0.15, 0.2) is 0 Å². The number of unbranched alkanes of at least 4 members (excludes halogenated alkanes) is 25. The van der Waals surface area contributed by atoms with Crippen molar-refractivity contribution in [1.29, 1.82) is 0 Å². The monoisotopic (exact) mass is 673 g/mol. The van der Waals surface area contributed by atoms with Gasteiger partial charge in [-0.1, -0.05) is 182 Å². The number of thiol groups is 1. The van der Waals surface area contributed by atoms with Crippen molar-refractivity contribution in [3.63, 3.8) is 0 Å². The smallest absolute Gasteiger partial charge is 0.216 e. The van der Waals surface area contributed by atoms with Crippen LogP contribution in [-0.2, 0) is 4.74 Å². The maximum Gasteiger partial charge on any atom is 0.216 e. The van der Waals surface area contributed by atoms with Gasteiger partial charge in [0, 0.05) is 0 Å². The first-order valence-electron chi connectivity index (χ1n) is 20.7. The summed E-state index contributed by atoms with van der Waals surface area (Å²) in [6.07, 6.45) is 42.4. The zero-order chi connectivity index (χ0) is 33.5. The molecule has 0 atom stereocenters. The fourth-order valence-corrected chi connectivity index (χ4v) is 6.80. The van der Waals surface area contributed by atoms with Crippen LogP contribution in [0.25, 0.3) is 0 Å². The van der Waals surface area contributed by atoms with Crippen molar-refractivity contribution in [3.8, 4) is 0 Å². The van der Waals surface area contributed by atoms with E-state index in [4.69, 9.17) is 4.74 Å². The average molecular weight is 673 g/mol. The first-order chi connectivity index (χ1) is 22.0. The Kier molecular flexibility index (Phi) is 42.5. The van der Waals surface area contributed by atoms with E-state index in [0.29, 0.717) is 4.38 Å². The number of hydrogen-bond donors (Lipinski definition) is 1. The second-order valence-corrected chi connectivity index (χ2v) is 15.3. The topological polar surface area (TPSA) is 9.23 Å². The first kappa shape index (κ1) is 47.3. The lowest BCUT2D eigenvalue weighted by Crippen LogP contribution is -2.50. The van der Waals surface area contributed by atoms with E-state index >= 15 is 0 Å². The second kappa shape index (κ2) is 40.4. The minimum Gasteiger partial charge on any atom is -0.479 e. The molecule has 0 unspecified atom stereocenters. The van der Waals surface area contributed by atoms with Gasteiger partial charge >= 0.3 is 0 Å². The van der Waals surface area contributed by atoms with Crippen molar-refractivity contribution in [3.05, 3.63) is 0 Å². The summed E-state index contributed by atoms with van der Waals surface area (Å²) < 4.78 is 6.88. The molecule has 0 rings (SSSR count). The molecular weight excluding hydrogens is 587 g/mol. The van der Waals surface area contributed by atoms with Crippen LogP contribution >= 0.6 is 24.8 Å². The Morgan fingerprint density at radius 2 is 0.600 bits per heavy atom. The van der Waals surface area contributed by atoms with Gasteiger partial charge in [0.05, 0.1) is 32.8 Å². The molecule has 0 fully saturated rings. The zero-order valence-electron chi connectivity index (χ0n) is 32.0. The van der Waals surface area contributed by atoms with Gasteiger partial charge in [-0.25, -0.2) is 0 Å². The summed E-state index contributed by atoms with van der Waals surface area (Å²) in [5.41, 5.74) is 0. The number of ether oxygens (including phenoxy) is 1. The Morgan fingerprint density at radius 1 is 0.378 bits per heavy atom. The Morgan fingerprint density at radius 3 is 0.844 bits per heavy atom. The molecule has 2 nitrogen and oxygen atoms in total. The van der Waals surface area contributed by atoms with E-state index in [1.807, 2.05) is 0 Å². The highest BCUT2D eigenvalue weighted by atomic mass is 32.1. The predicted octanol–water partition coefficient (Wildman–Crippen LogP) is 14.8. The molecule has 0 saturated carbocycles. The summed E-state index contributed by atoms with van der Waals surface area (Å²) in [5, 5.41) is 0. The Labute approximate surface area is 297 Å². The number of thiocarbonyl (C=S) groups is 1. The molecule has 0 aliphatic carbocycles. The summed E-state index contributed by atoms with van der Waals surface area (Å²) in [6, 6.07) is 0. The Bertz CT molecular complexity index is 486. The fraction of sp³-hybridized carbons (Fsp3) is 0.976. The molecular formula is C41H86NOS2+.